The fraction of sp³-hybridized carbons (Fsp3) is 0.333. The smallest absolute Gasteiger partial charge is 0.220 e. The number of rotatable bonds is 5. The van der Waals surface area contributed by atoms with Crippen molar-refractivity contribution in [1.29, 1.82) is 0 Å². The maximum absolute atomic E-state index is 13.3. The highest BCUT2D eigenvalue weighted by Crippen LogP contribution is 2.30. The lowest BCUT2D eigenvalue weighted by atomic mass is 9.87. The Morgan fingerprint density at radius 2 is 2.13 bits per heavy atom. The molecule has 1 amide bonds. The molecule has 0 unspecified atom stereocenters. The van der Waals surface area contributed by atoms with Gasteiger partial charge in [-0.25, -0.2) is 4.39 Å². The molecule has 1 atom stereocenters. The molecular formula is C18H18FNO2S. The van der Waals surface area contributed by atoms with Crippen molar-refractivity contribution < 1.29 is 14.0 Å². The number of carbonyl (C=O) groups excluding carboxylic acids is 2. The summed E-state index contributed by atoms with van der Waals surface area (Å²) in [5, 5.41) is 4.84. The molecule has 0 aliphatic heterocycles. The molecular weight excluding hydrogens is 313 g/mol. The minimum atomic E-state index is -0.239. The predicted molar refractivity (Wildman–Crippen MR) is 88.1 cm³/mol. The van der Waals surface area contributed by atoms with Crippen LogP contribution in [0, 0.1) is 5.82 Å². The van der Waals surface area contributed by atoms with Crippen molar-refractivity contribution in [3.8, 4) is 0 Å². The minimum absolute atomic E-state index is 0.00117. The number of carbonyl (C=O) groups is 2. The number of halogens is 1. The van der Waals surface area contributed by atoms with E-state index in [-0.39, 0.29) is 36.4 Å². The molecule has 3 rings (SSSR count). The lowest BCUT2D eigenvalue weighted by Gasteiger charge is -2.26. The maximum atomic E-state index is 13.3. The van der Waals surface area contributed by atoms with Crippen LogP contribution in [0.15, 0.2) is 35.7 Å². The average molecular weight is 331 g/mol. The third kappa shape index (κ3) is 3.85. The first-order valence-electron chi connectivity index (χ1n) is 7.78. The standard InChI is InChI=1S/C18H18FNO2S/c19-13-6-7-14-12(11-13)3-1-4-15(14)20-18(22)9-8-16(21)17-5-2-10-23-17/h2,5-7,10-11,15H,1,3-4,8-9H2,(H,20,22)/t15-/m0/s1. The van der Waals surface area contributed by atoms with Crippen molar-refractivity contribution in [3.05, 3.63) is 57.5 Å². The number of amides is 1. The molecule has 1 N–H and O–H groups in total. The molecule has 3 nitrogen and oxygen atoms in total. The summed E-state index contributed by atoms with van der Waals surface area (Å²) in [6, 6.07) is 8.26. The van der Waals surface area contributed by atoms with Gasteiger partial charge in [0.2, 0.25) is 5.91 Å². The number of hydrogen-bond acceptors (Lipinski definition) is 3. The molecule has 0 radical (unpaired) electrons. The van der Waals surface area contributed by atoms with Gasteiger partial charge in [0, 0.05) is 12.8 Å². The van der Waals surface area contributed by atoms with Crippen LogP contribution in [0.25, 0.3) is 0 Å². The van der Waals surface area contributed by atoms with Crippen LogP contribution in [0.4, 0.5) is 4.39 Å². The van der Waals surface area contributed by atoms with Crippen LogP contribution in [0.1, 0.15) is 52.5 Å². The fourth-order valence-corrected chi connectivity index (χ4v) is 3.68. The highest BCUT2D eigenvalue weighted by atomic mass is 32.1. The first-order valence-corrected chi connectivity index (χ1v) is 8.66. The SMILES string of the molecule is O=C(CCC(=O)c1cccs1)N[C@H]1CCCc2cc(F)ccc21. The van der Waals surface area contributed by atoms with E-state index >= 15 is 0 Å². The molecule has 0 spiro atoms. The number of thiophene rings is 1. The Balaban J connectivity index is 1.58. The Hall–Kier alpha value is -2.01. The van der Waals surface area contributed by atoms with Gasteiger partial charge in [0.25, 0.3) is 0 Å². The van der Waals surface area contributed by atoms with Crippen LogP contribution in [0.5, 0.6) is 0 Å². The number of Topliss-reactive ketones (excluding diaryl/α,β-unsaturated/α-hetero) is 1. The third-order valence-corrected chi connectivity index (χ3v) is 5.04. The molecule has 1 aromatic heterocycles. The van der Waals surface area contributed by atoms with Crippen LogP contribution >= 0.6 is 11.3 Å². The summed E-state index contributed by atoms with van der Waals surface area (Å²) in [5.41, 5.74) is 1.96. The largest absolute Gasteiger partial charge is 0.349 e. The van der Waals surface area contributed by atoms with Gasteiger partial charge in [-0.3, -0.25) is 9.59 Å². The lowest BCUT2D eigenvalue weighted by molar-refractivity contribution is -0.121. The summed E-state index contributed by atoms with van der Waals surface area (Å²) in [5.74, 6) is -0.365. The van der Waals surface area contributed by atoms with Crippen molar-refractivity contribution in [1.82, 2.24) is 5.32 Å². The van der Waals surface area contributed by atoms with Gasteiger partial charge in [-0.2, -0.15) is 0 Å². The van der Waals surface area contributed by atoms with Crippen molar-refractivity contribution in [2.24, 2.45) is 0 Å². The molecule has 1 aliphatic rings. The summed E-state index contributed by atoms with van der Waals surface area (Å²) in [7, 11) is 0. The average Bonchev–Trinajstić information content (AvgIpc) is 3.07. The monoisotopic (exact) mass is 331 g/mol. The van der Waals surface area contributed by atoms with Crippen LogP contribution in [0.2, 0.25) is 0 Å². The van der Waals surface area contributed by atoms with Crippen molar-refractivity contribution >= 4 is 23.0 Å². The van der Waals surface area contributed by atoms with E-state index in [0.29, 0.717) is 4.88 Å². The Morgan fingerprint density at radius 1 is 1.26 bits per heavy atom. The zero-order chi connectivity index (χ0) is 16.2. The van der Waals surface area contributed by atoms with Crippen molar-refractivity contribution in [3.63, 3.8) is 0 Å². The quantitative estimate of drug-likeness (QED) is 0.840. The topological polar surface area (TPSA) is 46.2 Å². The lowest BCUT2D eigenvalue weighted by Crippen LogP contribution is -2.31. The van der Waals surface area contributed by atoms with Crippen molar-refractivity contribution in [2.45, 2.75) is 38.1 Å². The Labute approximate surface area is 138 Å². The summed E-state index contributed by atoms with van der Waals surface area (Å²) in [6.07, 6.45) is 3.02. The number of hydrogen-bond donors (Lipinski definition) is 1. The van der Waals surface area contributed by atoms with Gasteiger partial charge in [0.15, 0.2) is 5.78 Å². The van der Waals surface area contributed by atoms with Gasteiger partial charge >= 0.3 is 0 Å². The van der Waals surface area contributed by atoms with E-state index in [1.165, 1.54) is 17.4 Å². The molecule has 120 valence electrons. The van der Waals surface area contributed by atoms with E-state index in [1.807, 2.05) is 11.4 Å². The van der Waals surface area contributed by atoms with Gasteiger partial charge in [0.1, 0.15) is 5.82 Å². The van der Waals surface area contributed by atoms with Crippen LogP contribution in [-0.2, 0) is 11.2 Å². The van der Waals surface area contributed by atoms with E-state index in [2.05, 4.69) is 5.32 Å². The van der Waals surface area contributed by atoms with Crippen molar-refractivity contribution in [2.75, 3.05) is 0 Å². The van der Waals surface area contributed by atoms with Crippen LogP contribution in [-0.4, -0.2) is 11.7 Å². The van der Waals surface area contributed by atoms with Gasteiger partial charge in [0.05, 0.1) is 10.9 Å². The number of ketones is 1. The summed E-state index contributed by atoms with van der Waals surface area (Å²) in [4.78, 5) is 24.7. The second-order valence-electron chi connectivity index (χ2n) is 5.76. The van der Waals surface area contributed by atoms with Gasteiger partial charge < -0.3 is 5.32 Å². The first-order chi connectivity index (χ1) is 11.1. The van der Waals surface area contributed by atoms with Crippen LogP contribution in [0.3, 0.4) is 0 Å². The normalized spacial score (nSPS) is 16.7. The predicted octanol–water partition coefficient (Wildman–Crippen LogP) is 4.04. The van der Waals surface area contributed by atoms with Crippen LogP contribution < -0.4 is 5.32 Å². The molecule has 0 saturated heterocycles. The number of benzene rings is 1. The second kappa shape index (κ2) is 7.04. The van der Waals surface area contributed by atoms with Gasteiger partial charge in [-0.15, -0.1) is 11.3 Å². The molecule has 1 heterocycles. The Bertz CT molecular complexity index is 712. The molecule has 1 aromatic carbocycles. The van der Waals surface area contributed by atoms with E-state index < -0.39 is 0 Å². The molecule has 2 aromatic rings. The third-order valence-electron chi connectivity index (χ3n) is 4.13. The molecule has 0 bridgehead atoms. The summed E-state index contributed by atoms with van der Waals surface area (Å²) >= 11 is 1.39. The molecule has 0 saturated carbocycles. The molecule has 1 aliphatic carbocycles. The number of fused-ring (bicyclic) bond motifs is 1. The minimum Gasteiger partial charge on any atom is -0.349 e. The molecule has 23 heavy (non-hydrogen) atoms. The zero-order valence-electron chi connectivity index (χ0n) is 12.7. The first kappa shape index (κ1) is 15.9. The highest BCUT2D eigenvalue weighted by Gasteiger charge is 2.22. The fourth-order valence-electron chi connectivity index (χ4n) is 2.99. The van der Waals surface area contributed by atoms with E-state index in [1.54, 1.807) is 18.2 Å². The number of nitrogens with one attached hydrogen (secondary N) is 1. The van der Waals surface area contributed by atoms with Gasteiger partial charge in [-0.1, -0.05) is 12.1 Å². The Morgan fingerprint density at radius 3 is 2.91 bits per heavy atom. The molecule has 5 heteroatoms. The summed E-state index contributed by atoms with van der Waals surface area (Å²) in [6.45, 7) is 0. The van der Waals surface area contributed by atoms with E-state index in [0.717, 1.165) is 30.4 Å². The van der Waals surface area contributed by atoms with E-state index in [9.17, 15) is 14.0 Å². The maximum Gasteiger partial charge on any atom is 0.220 e. The van der Waals surface area contributed by atoms with E-state index in [4.69, 9.17) is 0 Å². The molecule has 0 fully saturated rings. The van der Waals surface area contributed by atoms with Gasteiger partial charge in [-0.05, 0) is 54.0 Å². The second-order valence-corrected chi connectivity index (χ2v) is 6.70. The Kier molecular flexibility index (Phi) is 4.86. The highest BCUT2D eigenvalue weighted by molar-refractivity contribution is 7.12. The zero-order valence-corrected chi connectivity index (χ0v) is 13.5. The summed E-state index contributed by atoms with van der Waals surface area (Å²) < 4.78 is 13.3. The number of aryl methyl sites for hydroxylation is 1.